The number of pyridine rings is 3. The standard InChI is InChI=1S/C29H31N5O5/c1-18-23(12-21(14-32-18)34-26(35)19-4-7-31-25(11-19)28(2,3)15-30)20-10-24(29(36)16-38-17-29)27(33-13-20)39-22-5-8-37-9-6-22/h4,7,10-14,22,36H,5-6,8-9,16-17H2,1-3H3,(H,34,35). The molecule has 5 heterocycles. The zero-order valence-corrected chi connectivity index (χ0v) is 22.2. The zero-order valence-electron chi connectivity index (χ0n) is 22.2. The molecule has 2 fully saturated rings. The van der Waals surface area contributed by atoms with E-state index in [9.17, 15) is 15.2 Å². The first kappa shape index (κ1) is 26.7. The van der Waals surface area contributed by atoms with Crippen LogP contribution in [0.1, 0.15) is 54.0 Å². The first-order chi connectivity index (χ1) is 18.7. The average molecular weight is 530 g/mol. The fourth-order valence-corrected chi connectivity index (χ4v) is 4.50. The molecule has 0 unspecified atom stereocenters. The van der Waals surface area contributed by atoms with Gasteiger partial charge in [-0.3, -0.25) is 14.8 Å². The average Bonchev–Trinajstić information content (AvgIpc) is 2.93. The summed E-state index contributed by atoms with van der Waals surface area (Å²) in [5.41, 5.74) is 2.16. The molecular formula is C29H31N5O5. The molecule has 0 aromatic carbocycles. The summed E-state index contributed by atoms with van der Waals surface area (Å²) in [5.74, 6) is 0.0456. The number of nitrogens with one attached hydrogen (secondary N) is 1. The Morgan fingerprint density at radius 3 is 2.62 bits per heavy atom. The van der Waals surface area contributed by atoms with Crippen LogP contribution in [0.25, 0.3) is 11.1 Å². The van der Waals surface area contributed by atoms with E-state index in [1.54, 1.807) is 38.4 Å². The monoisotopic (exact) mass is 529 g/mol. The van der Waals surface area contributed by atoms with E-state index in [4.69, 9.17) is 14.2 Å². The lowest BCUT2D eigenvalue weighted by Crippen LogP contribution is -2.47. The Morgan fingerprint density at radius 1 is 1.15 bits per heavy atom. The number of aromatic nitrogens is 3. The third-order valence-electron chi connectivity index (χ3n) is 7.08. The molecule has 3 aromatic heterocycles. The Morgan fingerprint density at radius 2 is 1.92 bits per heavy atom. The summed E-state index contributed by atoms with van der Waals surface area (Å²) in [4.78, 5) is 26.4. The molecule has 0 spiro atoms. The summed E-state index contributed by atoms with van der Waals surface area (Å²) < 4.78 is 16.9. The predicted molar refractivity (Wildman–Crippen MR) is 142 cm³/mol. The maximum absolute atomic E-state index is 13.0. The molecule has 2 aliphatic rings. The van der Waals surface area contributed by atoms with Crippen molar-refractivity contribution in [3.8, 4) is 23.1 Å². The van der Waals surface area contributed by atoms with Crippen molar-refractivity contribution in [2.24, 2.45) is 0 Å². The Hall–Kier alpha value is -3.91. The van der Waals surface area contributed by atoms with Crippen molar-refractivity contribution in [2.75, 3.05) is 31.7 Å². The third kappa shape index (κ3) is 5.61. The van der Waals surface area contributed by atoms with Crippen LogP contribution in [0.2, 0.25) is 0 Å². The molecule has 0 bridgehead atoms. The molecule has 10 heteroatoms. The number of hydrogen-bond donors (Lipinski definition) is 2. The summed E-state index contributed by atoms with van der Waals surface area (Å²) in [6, 6.07) is 9.11. The van der Waals surface area contributed by atoms with Gasteiger partial charge >= 0.3 is 0 Å². The lowest BCUT2D eigenvalue weighted by atomic mass is 9.90. The number of nitrogens with zero attached hydrogens (tertiary/aromatic N) is 4. The number of hydrogen-bond acceptors (Lipinski definition) is 9. The summed E-state index contributed by atoms with van der Waals surface area (Å²) in [7, 11) is 0. The second kappa shape index (κ2) is 10.7. The molecule has 202 valence electrons. The van der Waals surface area contributed by atoms with E-state index in [0.717, 1.165) is 29.7 Å². The lowest BCUT2D eigenvalue weighted by molar-refractivity contribution is -0.185. The van der Waals surface area contributed by atoms with Crippen molar-refractivity contribution in [1.29, 1.82) is 5.26 Å². The normalized spacial score (nSPS) is 17.1. The largest absolute Gasteiger partial charge is 0.474 e. The molecule has 0 radical (unpaired) electrons. The topological polar surface area (TPSA) is 139 Å². The third-order valence-corrected chi connectivity index (χ3v) is 7.08. The van der Waals surface area contributed by atoms with Gasteiger partial charge in [-0.25, -0.2) is 4.98 Å². The molecule has 0 saturated carbocycles. The van der Waals surface area contributed by atoms with E-state index in [-0.39, 0.29) is 25.2 Å². The highest BCUT2D eigenvalue weighted by Gasteiger charge is 2.42. The van der Waals surface area contributed by atoms with Gasteiger partial charge in [0.2, 0.25) is 5.88 Å². The number of carbonyl (C=O) groups is 1. The molecule has 0 atom stereocenters. The molecule has 2 N–H and O–H groups in total. The fourth-order valence-electron chi connectivity index (χ4n) is 4.50. The van der Waals surface area contributed by atoms with Gasteiger partial charge in [0, 0.05) is 47.6 Å². The van der Waals surface area contributed by atoms with Crippen molar-refractivity contribution in [3.05, 3.63) is 65.4 Å². The van der Waals surface area contributed by atoms with Gasteiger partial charge in [-0.1, -0.05) is 0 Å². The highest BCUT2D eigenvalue weighted by atomic mass is 16.5. The van der Waals surface area contributed by atoms with E-state index in [1.807, 2.05) is 19.1 Å². The Kier molecular flexibility index (Phi) is 7.32. The van der Waals surface area contributed by atoms with Gasteiger partial charge in [0.05, 0.1) is 61.1 Å². The molecule has 2 saturated heterocycles. The van der Waals surface area contributed by atoms with Gasteiger partial charge in [0.25, 0.3) is 5.91 Å². The molecule has 39 heavy (non-hydrogen) atoms. The van der Waals surface area contributed by atoms with Crippen LogP contribution in [0, 0.1) is 18.3 Å². The van der Waals surface area contributed by atoms with E-state index < -0.39 is 11.0 Å². The number of carbonyl (C=O) groups excluding carboxylic acids is 1. The molecule has 0 aliphatic carbocycles. The number of rotatable bonds is 7. The van der Waals surface area contributed by atoms with Gasteiger partial charge in [-0.15, -0.1) is 0 Å². The predicted octanol–water partition coefficient (Wildman–Crippen LogP) is 3.68. The second-order valence-corrected chi connectivity index (χ2v) is 10.5. The smallest absolute Gasteiger partial charge is 0.255 e. The van der Waals surface area contributed by atoms with E-state index >= 15 is 0 Å². The minimum atomic E-state index is -1.19. The Bertz CT molecular complexity index is 1420. The van der Waals surface area contributed by atoms with Crippen LogP contribution in [-0.2, 0) is 20.5 Å². The highest BCUT2D eigenvalue weighted by molar-refractivity contribution is 6.04. The van der Waals surface area contributed by atoms with E-state index in [1.165, 1.54) is 6.20 Å². The van der Waals surface area contributed by atoms with Gasteiger partial charge in [-0.2, -0.15) is 5.26 Å². The van der Waals surface area contributed by atoms with Crippen molar-refractivity contribution < 1.29 is 24.1 Å². The maximum atomic E-state index is 13.0. The van der Waals surface area contributed by atoms with E-state index in [0.29, 0.717) is 41.6 Å². The van der Waals surface area contributed by atoms with Crippen molar-refractivity contribution in [3.63, 3.8) is 0 Å². The highest BCUT2D eigenvalue weighted by Crippen LogP contribution is 2.38. The molecular weight excluding hydrogens is 498 g/mol. The fraction of sp³-hybridized carbons (Fsp3) is 0.414. The van der Waals surface area contributed by atoms with E-state index in [2.05, 4.69) is 26.3 Å². The maximum Gasteiger partial charge on any atom is 0.255 e. The van der Waals surface area contributed by atoms with Crippen molar-refractivity contribution in [1.82, 2.24) is 15.0 Å². The van der Waals surface area contributed by atoms with Crippen LogP contribution in [0.15, 0.2) is 42.9 Å². The second-order valence-electron chi connectivity index (χ2n) is 10.5. The molecule has 1 amide bonds. The quantitative estimate of drug-likeness (QED) is 0.469. The minimum absolute atomic E-state index is 0.0326. The minimum Gasteiger partial charge on any atom is -0.474 e. The Balaban J connectivity index is 1.42. The van der Waals surface area contributed by atoms with Crippen molar-refractivity contribution >= 4 is 11.6 Å². The Labute approximate surface area is 227 Å². The summed E-state index contributed by atoms with van der Waals surface area (Å²) in [6.45, 7) is 6.95. The summed E-state index contributed by atoms with van der Waals surface area (Å²) in [6.07, 6.45) is 6.28. The van der Waals surface area contributed by atoms with Crippen molar-refractivity contribution in [2.45, 2.75) is 50.7 Å². The SMILES string of the molecule is Cc1ncc(NC(=O)c2ccnc(C(C)(C)C#N)c2)cc1-c1cnc(OC2CCOCC2)c(C2(O)COC2)c1. The molecule has 5 rings (SSSR count). The van der Waals surface area contributed by atoms with Crippen LogP contribution < -0.4 is 10.1 Å². The molecule has 3 aromatic rings. The van der Waals surface area contributed by atoms with Gasteiger partial charge < -0.3 is 24.6 Å². The van der Waals surface area contributed by atoms with Crippen LogP contribution in [0.5, 0.6) is 5.88 Å². The van der Waals surface area contributed by atoms with Crippen LogP contribution in [0.3, 0.4) is 0 Å². The van der Waals surface area contributed by atoms with Crippen LogP contribution in [-0.4, -0.2) is 58.5 Å². The summed E-state index contributed by atoms with van der Waals surface area (Å²) in [5, 5.41) is 23.5. The first-order valence-electron chi connectivity index (χ1n) is 12.9. The first-order valence-corrected chi connectivity index (χ1v) is 12.9. The molecule has 10 nitrogen and oxygen atoms in total. The van der Waals surface area contributed by atoms with Crippen LogP contribution >= 0.6 is 0 Å². The number of aliphatic hydroxyl groups is 1. The zero-order chi connectivity index (χ0) is 27.6. The lowest BCUT2D eigenvalue weighted by Gasteiger charge is -2.38. The van der Waals surface area contributed by atoms with Crippen LogP contribution in [0.4, 0.5) is 5.69 Å². The number of ether oxygens (including phenoxy) is 3. The van der Waals surface area contributed by atoms with Gasteiger partial charge in [-0.05, 0) is 45.0 Å². The van der Waals surface area contributed by atoms with Gasteiger partial charge in [0.15, 0.2) is 0 Å². The number of aryl methyl sites for hydroxylation is 1. The summed E-state index contributed by atoms with van der Waals surface area (Å²) >= 11 is 0. The number of anilines is 1. The van der Waals surface area contributed by atoms with Gasteiger partial charge in [0.1, 0.15) is 11.7 Å². The number of nitriles is 1. The number of amides is 1. The molecule has 2 aliphatic heterocycles.